The first-order valence-corrected chi connectivity index (χ1v) is 11.9. The summed E-state index contributed by atoms with van der Waals surface area (Å²) in [6.07, 6.45) is 0.881. The molecule has 164 valence electrons. The fraction of sp³-hybridized carbons (Fsp3) is 0.320. The average molecular weight is 447 g/mol. The number of para-hydroxylation sites is 2. The van der Waals surface area contributed by atoms with Crippen LogP contribution in [0.2, 0.25) is 0 Å². The third-order valence-electron chi connectivity index (χ3n) is 6.34. The lowest BCUT2D eigenvalue weighted by Crippen LogP contribution is -2.27. The number of hydrogen-bond acceptors (Lipinski definition) is 4. The number of likely N-dealkylation sites (tertiary alicyclic amines) is 1. The molecule has 7 heteroatoms. The van der Waals surface area contributed by atoms with Gasteiger partial charge in [0.1, 0.15) is 5.82 Å². The van der Waals surface area contributed by atoms with Crippen molar-refractivity contribution in [2.45, 2.75) is 39.3 Å². The molecule has 1 aliphatic rings. The molecule has 32 heavy (non-hydrogen) atoms. The molecule has 0 spiro atoms. The van der Waals surface area contributed by atoms with E-state index in [4.69, 9.17) is 4.98 Å². The van der Waals surface area contributed by atoms with Gasteiger partial charge in [-0.1, -0.05) is 30.3 Å². The predicted octanol–water partition coefficient (Wildman–Crippen LogP) is 4.54. The number of thiophene rings is 1. The first-order valence-electron chi connectivity index (χ1n) is 11.1. The Labute approximate surface area is 190 Å². The highest BCUT2D eigenvalue weighted by Gasteiger charge is 2.31. The van der Waals surface area contributed by atoms with Crippen molar-refractivity contribution in [2.24, 2.45) is 0 Å². The minimum atomic E-state index is -0.0721. The maximum atomic E-state index is 13.4. The van der Waals surface area contributed by atoms with Gasteiger partial charge in [-0.05, 0) is 42.5 Å². The second-order valence-corrected chi connectivity index (χ2v) is 9.29. The standard InChI is InChI=1S/C25H26N4O2S/c1-3-29-20-10-6-5-9-19(20)27-22(29)14-26-25(31)24-23(17-12-13-28(15-17)16(2)30)18-8-4-7-11-21(18)32-24/h4-11,17H,3,12-15H2,1-2H3,(H,26,31)/t17-/m0/s1. The van der Waals surface area contributed by atoms with Gasteiger partial charge >= 0.3 is 0 Å². The number of benzene rings is 2. The summed E-state index contributed by atoms with van der Waals surface area (Å²) in [6.45, 7) is 6.28. The monoisotopic (exact) mass is 446 g/mol. The normalized spacial score (nSPS) is 16.2. The minimum absolute atomic E-state index is 0.0721. The minimum Gasteiger partial charge on any atom is -0.344 e. The molecule has 1 saturated heterocycles. The molecule has 0 unspecified atom stereocenters. The Kier molecular flexibility index (Phi) is 5.43. The van der Waals surface area contributed by atoms with Gasteiger partial charge in [-0.3, -0.25) is 9.59 Å². The topological polar surface area (TPSA) is 67.2 Å². The number of fused-ring (bicyclic) bond motifs is 2. The van der Waals surface area contributed by atoms with Crippen LogP contribution in [0.5, 0.6) is 0 Å². The van der Waals surface area contributed by atoms with Crippen LogP contribution in [0, 0.1) is 0 Å². The first kappa shape index (κ1) is 20.7. The van der Waals surface area contributed by atoms with Crippen LogP contribution in [0.15, 0.2) is 48.5 Å². The van der Waals surface area contributed by atoms with E-state index in [0.29, 0.717) is 13.1 Å². The van der Waals surface area contributed by atoms with Crippen LogP contribution in [0.1, 0.15) is 47.2 Å². The van der Waals surface area contributed by atoms with Crippen molar-refractivity contribution in [3.63, 3.8) is 0 Å². The second kappa shape index (κ2) is 8.39. The van der Waals surface area contributed by atoms with Crippen molar-refractivity contribution in [3.8, 4) is 0 Å². The van der Waals surface area contributed by atoms with Crippen molar-refractivity contribution in [1.82, 2.24) is 19.8 Å². The molecule has 2 amide bonds. The van der Waals surface area contributed by atoms with Crippen LogP contribution < -0.4 is 5.32 Å². The molecule has 0 saturated carbocycles. The van der Waals surface area contributed by atoms with Gasteiger partial charge in [0.25, 0.3) is 5.91 Å². The molecule has 0 bridgehead atoms. The highest BCUT2D eigenvalue weighted by atomic mass is 32.1. The predicted molar refractivity (Wildman–Crippen MR) is 128 cm³/mol. The van der Waals surface area contributed by atoms with Crippen LogP contribution in [-0.2, 0) is 17.9 Å². The number of hydrogen-bond donors (Lipinski definition) is 1. The molecule has 4 aromatic rings. The number of rotatable bonds is 5. The number of aryl methyl sites for hydroxylation is 1. The fourth-order valence-electron chi connectivity index (χ4n) is 4.77. The first-order chi connectivity index (χ1) is 15.6. The number of imidazole rings is 1. The second-order valence-electron chi connectivity index (χ2n) is 8.24. The van der Waals surface area contributed by atoms with Crippen LogP contribution in [-0.4, -0.2) is 39.4 Å². The fourth-order valence-corrected chi connectivity index (χ4v) is 5.98. The van der Waals surface area contributed by atoms with E-state index in [2.05, 4.69) is 35.0 Å². The summed E-state index contributed by atoms with van der Waals surface area (Å²) in [5, 5.41) is 4.24. The van der Waals surface area contributed by atoms with Crippen LogP contribution in [0.25, 0.3) is 21.1 Å². The Bertz CT molecular complexity index is 1320. The van der Waals surface area contributed by atoms with Gasteiger partial charge in [-0.25, -0.2) is 4.98 Å². The van der Waals surface area contributed by atoms with E-state index in [-0.39, 0.29) is 17.7 Å². The lowest BCUT2D eigenvalue weighted by atomic mass is 9.95. The third-order valence-corrected chi connectivity index (χ3v) is 7.52. The molecule has 0 aliphatic carbocycles. The van der Waals surface area contributed by atoms with E-state index < -0.39 is 0 Å². The van der Waals surface area contributed by atoms with E-state index in [9.17, 15) is 9.59 Å². The number of carbonyl (C=O) groups is 2. The van der Waals surface area contributed by atoms with Crippen molar-refractivity contribution in [2.75, 3.05) is 13.1 Å². The van der Waals surface area contributed by atoms with Crippen molar-refractivity contribution in [1.29, 1.82) is 0 Å². The van der Waals surface area contributed by atoms with Gasteiger partial charge < -0.3 is 14.8 Å². The number of nitrogens with zero attached hydrogens (tertiary/aromatic N) is 3. The zero-order valence-electron chi connectivity index (χ0n) is 18.3. The van der Waals surface area contributed by atoms with Gasteiger partial charge in [-0.15, -0.1) is 11.3 Å². The lowest BCUT2D eigenvalue weighted by molar-refractivity contribution is -0.127. The smallest absolute Gasteiger partial charge is 0.262 e. The molecular weight excluding hydrogens is 420 g/mol. The molecular formula is C25H26N4O2S. The number of aromatic nitrogens is 2. The van der Waals surface area contributed by atoms with Crippen molar-refractivity contribution in [3.05, 3.63) is 64.8 Å². The lowest BCUT2D eigenvalue weighted by Gasteiger charge is -2.15. The summed E-state index contributed by atoms with van der Waals surface area (Å²) in [5.41, 5.74) is 3.10. The molecule has 0 radical (unpaired) electrons. The van der Waals surface area contributed by atoms with E-state index in [1.807, 2.05) is 35.2 Å². The van der Waals surface area contributed by atoms with E-state index in [1.165, 1.54) is 11.3 Å². The van der Waals surface area contributed by atoms with Gasteiger partial charge in [0, 0.05) is 37.2 Å². The summed E-state index contributed by atoms with van der Waals surface area (Å²) >= 11 is 1.54. The molecule has 5 rings (SSSR count). The SMILES string of the molecule is CCn1c(CNC(=O)c2sc3ccccc3c2[C@H]2CCN(C(C)=O)C2)nc2ccccc21. The van der Waals surface area contributed by atoms with E-state index in [1.54, 1.807) is 6.92 Å². The van der Waals surface area contributed by atoms with Crippen LogP contribution in [0.3, 0.4) is 0 Å². The summed E-state index contributed by atoms with van der Waals surface area (Å²) in [5.74, 6) is 1.05. The third kappa shape index (κ3) is 3.56. The van der Waals surface area contributed by atoms with Gasteiger partial charge in [0.2, 0.25) is 5.91 Å². The molecule has 1 N–H and O–H groups in total. The molecule has 1 atom stereocenters. The Hall–Kier alpha value is -3.19. The Morgan fingerprint density at radius 2 is 1.94 bits per heavy atom. The Morgan fingerprint density at radius 1 is 1.16 bits per heavy atom. The summed E-state index contributed by atoms with van der Waals surface area (Å²) in [7, 11) is 0. The van der Waals surface area contributed by atoms with Crippen LogP contribution >= 0.6 is 11.3 Å². The summed E-state index contributed by atoms with van der Waals surface area (Å²) in [4.78, 5) is 32.6. The molecule has 6 nitrogen and oxygen atoms in total. The molecule has 2 aromatic heterocycles. The average Bonchev–Trinajstić information content (AvgIpc) is 3.51. The molecule has 3 heterocycles. The van der Waals surface area contributed by atoms with Gasteiger partial charge in [0.05, 0.1) is 22.5 Å². The maximum Gasteiger partial charge on any atom is 0.262 e. The number of nitrogens with one attached hydrogen (secondary N) is 1. The molecule has 1 aliphatic heterocycles. The maximum absolute atomic E-state index is 13.4. The zero-order valence-corrected chi connectivity index (χ0v) is 19.1. The van der Waals surface area contributed by atoms with Crippen molar-refractivity contribution >= 4 is 44.3 Å². The van der Waals surface area contributed by atoms with E-state index in [0.717, 1.165) is 56.9 Å². The Morgan fingerprint density at radius 3 is 2.72 bits per heavy atom. The highest BCUT2D eigenvalue weighted by Crippen LogP contribution is 2.40. The van der Waals surface area contributed by atoms with Gasteiger partial charge in [0.15, 0.2) is 0 Å². The number of amides is 2. The molecule has 2 aromatic carbocycles. The molecule has 1 fully saturated rings. The quantitative estimate of drug-likeness (QED) is 0.490. The zero-order chi connectivity index (χ0) is 22.2. The summed E-state index contributed by atoms with van der Waals surface area (Å²) < 4.78 is 3.25. The van der Waals surface area contributed by atoms with Gasteiger partial charge in [-0.2, -0.15) is 0 Å². The van der Waals surface area contributed by atoms with E-state index >= 15 is 0 Å². The largest absolute Gasteiger partial charge is 0.344 e. The van der Waals surface area contributed by atoms with Crippen molar-refractivity contribution < 1.29 is 9.59 Å². The Balaban J connectivity index is 1.45. The highest BCUT2D eigenvalue weighted by molar-refractivity contribution is 7.21. The summed E-state index contributed by atoms with van der Waals surface area (Å²) in [6, 6.07) is 16.2. The number of carbonyl (C=O) groups excluding carboxylic acids is 2. The van der Waals surface area contributed by atoms with Crippen LogP contribution in [0.4, 0.5) is 0 Å².